The van der Waals surface area contributed by atoms with Crippen molar-refractivity contribution in [3.63, 3.8) is 0 Å². The molecule has 104 valence electrons. The summed E-state index contributed by atoms with van der Waals surface area (Å²) in [5.41, 5.74) is 1.21. The third-order valence-electron chi connectivity index (χ3n) is 3.23. The lowest BCUT2D eigenvalue weighted by molar-refractivity contribution is -0.123. The Labute approximate surface area is 114 Å². The molecule has 0 aromatic heterocycles. The molecule has 1 aromatic rings. The van der Waals surface area contributed by atoms with E-state index < -0.39 is 0 Å². The molecule has 1 heterocycles. The average molecular weight is 263 g/mol. The molecular formula is C15H21NO3. The lowest BCUT2D eigenvalue weighted by Crippen LogP contribution is -2.35. The number of rotatable bonds is 6. The fraction of sp³-hybridized carbons (Fsp3) is 0.533. The van der Waals surface area contributed by atoms with Crippen LogP contribution in [0.5, 0.6) is 5.75 Å². The van der Waals surface area contributed by atoms with Gasteiger partial charge in [-0.05, 0) is 37.0 Å². The first kappa shape index (κ1) is 13.9. The van der Waals surface area contributed by atoms with Gasteiger partial charge in [0.1, 0.15) is 5.75 Å². The summed E-state index contributed by atoms with van der Waals surface area (Å²) in [7, 11) is 0. The minimum absolute atomic E-state index is 0.0554. The molecule has 0 radical (unpaired) electrons. The lowest BCUT2D eigenvalue weighted by Gasteiger charge is -2.11. The van der Waals surface area contributed by atoms with Crippen LogP contribution >= 0.6 is 0 Å². The number of nitrogens with one attached hydrogen (secondary N) is 1. The monoisotopic (exact) mass is 263 g/mol. The second kappa shape index (κ2) is 7.14. The van der Waals surface area contributed by atoms with Gasteiger partial charge in [0.05, 0.1) is 6.10 Å². The quantitative estimate of drug-likeness (QED) is 0.853. The van der Waals surface area contributed by atoms with E-state index in [2.05, 4.69) is 12.2 Å². The number of carbonyl (C=O) groups excluding carboxylic acids is 1. The number of ether oxygens (including phenoxy) is 2. The summed E-state index contributed by atoms with van der Waals surface area (Å²) in [5.74, 6) is 0.643. The maximum Gasteiger partial charge on any atom is 0.258 e. The van der Waals surface area contributed by atoms with Gasteiger partial charge in [-0.3, -0.25) is 4.79 Å². The number of hydrogen-bond acceptors (Lipinski definition) is 3. The summed E-state index contributed by atoms with van der Waals surface area (Å²) in [4.78, 5) is 11.6. The van der Waals surface area contributed by atoms with Crippen molar-refractivity contribution in [3.8, 4) is 5.75 Å². The van der Waals surface area contributed by atoms with Crippen molar-refractivity contribution in [3.05, 3.63) is 29.8 Å². The van der Waals surface area contributed by atoms with Crippen LogP contribution in [-0.4, -0.2) is 31.8 Å². The average Bonchev–Trinajstić information content (AvgIpc) is 2.96. The molecule has 1 fully saturated rings. The van der Waals surface area contributed by atoms with Crippen molar-refractivity contribution < 1.29 is 14.3 Å². The van der Waals surface area contributed by atoms with Crippen LogP contribution in [0, 0.1) is 0 Å². The van der Waals surface area contributed by atoms with Gasteiger partial charge in [-0.25, -0.2) is 0 Å². The van der Waals surface area contributed by atoms with E-state index in [0.717, 1.165) is 31.6 Å². The van der Waals surface area contributed by atoms with E-state index >= 15 is 0 Å². The summed E-state index contributed by atoms with van der Waals surface area (Å²) < 4.78 is 10.9. The molecule has 0 saturated carbocycles. The van der Waals surface area contributed by atoms with E-state index in [0.29, 0.717) is 6.54 Å². The van der Waals surface area contributed by atoms with E-state index in [1.165, 1.54) is 5.56 Å². The highest BCUT2D eigenvalue weighted by Gasteiger charge is 2.16. The Morgan fingerprint density at radius 1 is 1.53 bits per heavy atom. The van der Waals surface area contributed by atoms with Crippen LogP contribution in [0.3, 0.4) is 0 Å². The Morgan fingerprint density at radius 3 is 3.16 bits per heavy atom. The van der Waals surface area contributed by atoms with Gasteiger partial charge in [-0.2, -0.15) is 0 Å². The highest BCUT2D eigenvalue weighted by atomic mass is 16.5. The van der Waals surface area contributed by atoms with Gasteiger partial charge in [0.2, 0.25) is 0 Å². The van der Waals surface area contributed by atoms with Gasteiger partial charge in [0.25, 0.3) is 5.91 Å². The normalized spacial score (nSPS) is 18.3. The van der Waals surface area contributed by atoms with Crippen LogP contribution in [0.1, 0.15) is 25.3 Å². The maximum absolute atomic E-state index is 11.6. The Morgan fingerprint density at radius 2 is 2.42 bits per heavy atom. The van der Waals surface area contributed by atoms with Gasteiger partial charge in [0, 0.05) is 13.2 Å². The summed E-state index contributed by atoms with van der Waals surface area (Å²) in [6.45, 7) is 3.53. The molecule has 0 aliphatic carbocycles. The van der Waals surface area contributed by atoms with Crippen LogP contribution in [0.15, 0.2) is 24.3 Å². The third kappa shape index (κ3) is 4.56. The van der Waals surface area contributed by atoms with Crippen molar-refractivity contribution in [2.45, 2.75) is 32.3 Å². The lowest BCUT2D eigenvalue weighted by atomic mass is 10.2. The summed E-state index contributed by atoms with van der Waals surface area (Å²) in [6, 6.07) is 7.82. The first-order valence-corrected chi connectivity index (χ1v) is 6.88. The molecule has 0 unspecified atom stereocenters. The zero-order chi connectivity index (χ0) is 13.5. The number of carbonyl (C=O) groups is 1. The largest absolute Gasteiger partial charge is 0.484 e. The van der Waals surface area contributed by atoms with Crippen LogP contribution in [-0.2, 0) is 16.0 Å². The van der Waals surface area contributed by atoms with Crippen molar-refractivity contribution in [2.24, 2.45) is 0 Å². The second-order valence-electron chi connectivity index (χ2n) is 4.73. The molecule has 1 N–H and O–H groups in total. The maximum atomic E-state index is 11.6. The molecule has 1 aliphatic heterocycles. The molecule has 4 nitrogen and oxygen atoms in total. The Balaban J connectivity index is 1.70. The predicted molar refractivity (Wildman–Crippen MR) is 73.3 cm³/mol. The molecule has 0 bridgehead atoms. The smallest absolute Gasteiger partial charge is 0.258 e. The molecule has 2 rings (SSSR count). The Bertz CT molecular complexity index is 414. The Hall–Kier alpha value is -1.55. The highest BCUT2D eigenvalue weighted by molar-refractivity contribution is 5.77. The first-order valence-electron chi connectivity index (χ1n) is 6.88. The highest BCUT2D eigenvalue weighted by Crippen LogP contribution is 2.13. The fourth-order valence-corrected chi connectivity index (χ4v) is 2.09. The van der Waals surface area contributed by atoms with E-state index in [9.17, 15) is 4.79 Å². The van der Waals surface area contributed by atoms with E-state index in [4.69, 9.17) is 9.47 Å². The molecule has 19 heavy (non-hydrogen) atoms. The van der Waals surface area contributed by atoms with Crippen LogP contribution < -0.4 is 10.1 Å². The minimum atomic E-state index is -0.0996. The molecule has 1 saturated heterocycles. The van der Waals surface area contributed by atoms with Gasteiger partial charge in [-0.1, -0.05) is 19.1 Å². The molecule has 1 aliphatic rings. The summed E-state index contributed by atoms with van der Waals surface area (Å²) >= 11 is 0. The molecule has 0 spiro atoms. The van der Waals surface area contributed by atoms with Crippen LogP contribution in [0.2, 0.25) is 0 Å². The van der Waals surface area contributed by atoms with Crippen molar-refractivity contribution in [2.75, 3.05) is 19.8 Å². The molecule has 1 atom stereocenters. The van der Waals surface area contributed by atoms with Gasteiger partial charge in [0.15, 0.2) is 6.61 Å². The topological polar surface area (TPSA) is 47.6 Å². The van der Waals surface area contributed by atoms with Gasteiger partial charge >= 0.3 is 0 Å². The van der Waals surface area contributed by atoms with Crippen molar-refractivity contribution in [1.29, 1.82) is 0 Å². The number of aryl methyl sites for hydroxylation is 1. The fourth-order valence-electron chi connectivity index (χ4n) is 2.09. The standard InChI is InChI=1S/C15H21NO3/c1-2-12-5-3-6-13(9-12)19-11-15(17)16-10-14-7-4-8-18-14/h3,5-6,9,14H,2,4,7-8,10-11H2,1H3,(H,16,17)/t14-/m0/s1. The van der Waals surface area contributed by atoms with E-state index in [1.807, 2.05) is 24.3 Å². The summed E-state index contributed by atoms with van der Waals surface area (Å²) in [5, 5.41) is 2.83. The number of hydrogen-bond donors (Lipinski definition) is 1. The van der Waals surface area contributed by atoms with Crippen LogP contribution in [0.25, 0.3) is 0 Å². The zero-order valence-corrected chi connectivity index (χ0v) is 11.4. The Kier molecular flexibility index (Phi) is 5.21. The SMILES string of the molecule is CCc1cccc(OCC(=O)NC[C@@H]2CCCO2)c1. The molecular weight excluding hydrogens is 242 g/mol. The van der Waals surface area contributed by atoms with E-state index in [1.54, 1.807) is 0 Å². The number of amides is 1. The zero-order valence-electron chi connectivity index (χ0n) is 11.4. The van der Waals surface area contributed by atoms with E-state index in [-0.39, 0.29) is 18.6 Å². The van der Waals surface area contributed by atoms with Gasteiger partial charge in [-0.15, -0.1) is 0 Å². The number of benzene rings is 1. The minimum Gasteiger partial charge on any atom is -0.484 e. The molecule has 1 amide bonds. The molecule has 1 aromatic carbocycles. The third-order valence-corrected chi connectivity index (χ3v) is 3.23. The predicted octanol–water partition coefficient (Wildman–Crippen LogP) is 1.92. The molecule has 4 heteroatoms. The van der Waals surface area contributed by atoms with Crippen LogP contribution in [0.4, 0.5) is 0 Å². The van der Waals surface area contributed by atoms with Crippen molar-refractivity contribution in [1.82, 2.24) is 5.32 Å². The summed E-state index contributed by atoms with van der Waals surface area (Å²) in [6.07, 6.45) is 3.25. The van der Waals surface area contributed by atoms with Crippen molar-refractivity contribution >= 4 is 5.91 Å². The second-order valence-corrected chi connectivity index (χ2v) is 4.73. The first-order chi connectivity index (χ1) is 9.28. The van der Waals surface area contributed by atoms with Gasteiger partial charge < -0.3 is 14.8 Å².